The van der Waals surface area contributed by atoms with E-state index in [0.717, 1.165) is 22.0 Å². The maximum absolute atomic E-state index is 12.9. The molecule has 0 saturated carbocycles. The molecular weight excluding hydrogens is 494 g/mol. The van der Waals surface area contributed by atoms with Crippen LogP contribution in [0.3, 0.4) is 0 Å². The molecule has 9 heteroatoms. The zero-order chi connectivity index (χ0) is 26.5. The van der Waals surface area contributed by atoms with Gasteiger partial charge in [0.15, 0.2) is 0 Å². The fraction of sp³-hybridized carbons (Fsp3) is 0.179. The Morgan fingerprint density at radius 1 is 0.973 bits per heavy atom. The van der Waals surface area contributed by atoms with Gasteiger partial charge in [-0.05, 0) is 53.9 Å². The molecule has 0 radical (unpaired) electrons. The maximum atomic E-state index is 12.9. The minimum Gasteiger partial charge on any atom is -0.508 e. The molecule has 1 unspecified atom stereocenters. The number of phenols is 1. The van der Waals surface area contributed by atoms with Crippen molar-refractivity contribution < 1.29 is 24.6 Å². The monoisotopic (exact) mass is 519 g/mol. The number of rotatable bonds is 9. The summed E-state index contributed by atoms with van der Waals surface area (Å²) >= 11 is 6.33. The number of halogens is 1. The lowest BCUT2D eigenvalue weighted by atomic mass is 10.0. The highest BCUT2D eigenvalue weighted by atomic mass is 35.5. The number of carbonyl (C=O) groups excluding carboxylic acids is 2. The summed E-state index contributed by atoms with van der Waals surface area (Å²) in [7, 11) is 0. The number of H-pyrrole nitrogens is 1. The number of amides is 2. The summed E-state index contributed by atoms with van der Waals surface area (Å²) in [4.78, 5) is 40.7. The first-order valence-electron chi connectivity index (χ1n) is 11.7. The van der Waals surface area contributed by atoms with E-state index in [9.17, 15) is 24.6 Å². The van der Waals surface area contributed by atoms with Gasteiger partial charge < -0.3 is 25.8 Å². The Bertz CT molecular complexity index is 1470. The van der Waals surface area contributed by atoms with Crippen LogP contribution < -0.4 is 10.6 Å². The highest BCUT2D eigenvalue weighted by Crippen LogP contribution is 2.24. The van der Waals surface area contributed by atoms with Crippen LogP contribution in [-0.2, 0) is 11.2 Å². The number of fused-ring (bicyclic) bond motifs is 1. The zero-order valence-electron chi connectivity index (χ0n) is 20.0. The van der Waals surface area contributed by atoms with Gasteiger partial charge in [0.2, 0.25) is 0 Å². The smallest absolute Gasteiger partial charge is 0.326 e. The Kier molecular flexibility index (Phi) is 7.79. The Balaban J connectivity index is 1.46. The lowest BCUT2D eigenvalue weighted by molar-refractivity contribution is -0.139. The van der Waals surface area contributed by atoms with E-state index < -0.39 is 23.8 Å². The number of aromatic hydroxyl groups is 1. The Morgan fingerprint density at radius 2 is 1.76 bits per heavy atom. The first kappa shape index (κ1) is 25.8. The number of benzene rings is 3. The molecule has 1 heterocycles. The largest absolute Gasteiger partial charge is 0.508 e. The van der Waals surface area contributed by atoms with Gasteiger partial charge in [-0.15, -0.1) is 0 Å². The lowest BCUT2D eigenvalue weighted by Crippen LogP contribution is -2.42. The van der Waals surface area contributed by atoms with E-state index in [0.29, 0.717) is 6.42 Å². The van der Waals surface area contributed by atoms with Crippen LogP contribution in [0, 0.1) is 0 Å². The number of phenolic OH excluding ortho intramolecular Hbond substituents is 1. The number of carboxylic acids is 1. The number of aromatic amines is 1. The van der Waals surface area contributed by atoms with Crippen molar-refractivity contribution in [2.24, 2.45) is 0 Å². The fourth-order valence-electron chi connectivity index (χ4n) is 4.20. The molecule has 1 aromatic heterocycles. The molecule has 190 valence electrons. The average molecular weight is 520 g/mol. The second-order valence-electron chi connectivity index (χ2n) is 8.65. The van der Waals surface area contributed by atoms with E-state index >= 15 is 0 Å². The summed E-state index contributed by atoms with van der Waals surface area (Å²) in [6.45, 7) is 1.91. The Morgan fingerprint density at radius 3 is 2.46 bits per heavy atom. The maximum Gasteiger partial charge on any atom is 0.326 e. The van der Waals surface area contributed by atoms with Gasteiger partial charge in [0.25, 0.3) is 11.8 Å². The van der Waals surface area contributed by atoms with Crippen molar-refractivity contribution >= 4 is 40.3 Å². The fourth-order valence-corrected chi connectivity index (χ4v) is 4.47. The van der Waals surface area contributed by atoms with Crippen molar-refractivity contribution in [3.8, 4) is 5.75 Å². The second kappa shape index (κ2) is 11.2. The minimum atomic E-state index is -1.18. The molecule has 0 aliphatic rings. The van der Waals surface area contributed by atoms with Gasteiger partial charge in [-0.2, -0.15) is 0 Å². The first-order chi connectivity index (χ1) is 17.8. The molecule has 5 N–H and O–H groups in total. The van der Waals surface area contributed by atoms with E-state index in [4.69, 9.17) is 11.6 Å². The summed E-state index contributed by atoms with van der Waals surface area (Å²) in [5.74, 6) is -2.13. The Hall–Kier alpha value is -4.30. The molecule has 0 spiro atoms. The standard InChI is InChI=1S/C28H26ClN3O5/c1-2-23(16-6-5-7-19(33)12-16)31-26(34)17-10-11-21(22(29)13-17)27(35)32-25(28(36)37)14-18-15-30-24-9-4-3-8-20(18)24/h3-13,15,23,25,30,33H,2,14H2,1H3,(H,31,34)(H,32,35)(H,36,37)/t23?,25-/m0/s1. The highest BCUT2D eigenvalue weighted by molar-refractivity contribution is 6.34. The van der Waals surface area contributed by atoms with Crippen LogP contribution in [0.15, 0.2) is 72.9 Å². The SMILES string of the molecule is CCC(NC(=O)c1ccc(C(=O)N[C@@H](Cc2c[nH]c3ccccc23)C(=O)O)c(Cl)c1)c1cccc(O)c1. The van der Waals surface area contributed by atoms with Gasteiger partial charge in [0, 0.05) is 29.1 Å². The van der Waals surface area contributed by atoms with Gasteiger partial charge in [-0.3, -0.25) is 9.59 Å². The molecule has 3 aromatic carbocycles. The number of para-hydroxylation sites is 1. The van der Waals surface area contributed by atoms with E-state index in [-0.39, 0.29) is 34.4 Å². The summed E-state index contributed by atoms with van der Waals surface area (Å²) in [5.41, 5.74) is 2.70. The third-order valence-corrected chi connectivity index (χ3v) is 6.48. The zero-order valence-corrected chi connectivity index (χ0v) is 20.8. The Labute approximate surface area is 218 Å². The summed E-state index contributed by atoms with van der Waals surface area (Å²) in [6, 6.07) is 16.9. The van der Waals surface area contributed by atoms with Gasteiger partial charge in [0.1, 0.15) is 11.8 Å². The predicted molar refractivity (Wildman–Crippen MR) is 141 cm³/mol. The molecule has 4 aromatic rings. The average Bonchev–Trinajstić information content (AvgIpc) is 3.29. The molecule has 0 aliphatic carbocycles. The number of hydrogen-bond donors (Lipinski definition) is 5. The van der Waals surface area contributed by atoms with Crippen LogP contribution in [-0.4, -0.2) is 39.0 Å². The van der Waals surface area contributed by atoms with E-state index in [1.807, 2.05) is 37.3 Å². The van der Waals surface area contributed by atoms with Gasteiger partial charge in [-0.25, -0.2) is 4.79 Å². The first-order valence-corrected chi connectivity index (χ1v) is 12.1. The molecule has 0 saturated heterocycles. The van der Waals surface area contributed by atoms with Gasteiger partial charge >= 0.3 is 5.97 Å². The minimum absolute atomic E-state index is 0.0202. The lowest BCUT2D eigenvalue weighted by Gasteiger charge is -2.18. The third kappa shape index (κ3) is 5.92. The number of nitrogens with one attached hydrogen (secondary N) is 3. The van der Waals surface area contributed by atoms with Crippen LogP contribution >= 0.6 is 11.6 Å². The van der Waals surface area contributed by atoms with Gasteiger partial charge in [-0.1, -0.05) is 48.9 Å². The van der Waals surface area contributed by atoms with Crippen molar-refractivity contribution in [3.63, 3.8) is 0 Å². The molecule has 2 amide bonds. The van der Waals surface area contributed by atoms with Gasteiger partial charge in [0.05, 0.1) is 16.6 Å². The molecule has 4 rings (SSSR count). The second-order valence-corrected chi connectivity index (χ2v) is 9.06. The quantitative estimate of drug-likeness (QED) is 0.216. The molecule has 8 nitrogen and oxygen atoms in total. The van der Waals surface area contributed by atoms with Crippen molar-refractivity contribution in [1.29, 1.82) is 0 Å². The normalized spacial score (nSPS) is 12.6. The number of carboxylic acid groups (broad SMARTS) is 1. The van der Waals surface area contributed by atoms with Crippen molar-refractivity contribution in [3.05, 3.63) is 100 Å². The van der Waals surface area contributed by atoms with E-state index in [1.165, 1.54) is 18.2 Å². The summed E-state index contributed by atoms with van der Waals surface area (Å²) in [6.07, 6.45) is 2.40. The van der Waals surface area contributed by atoms with E-state index in [2.05, 4.69) is 15.6 Å². The number of hydrogen-bond acceptors (Lipinski definition) is 4. The molecular formula is C28H26ClN3O5. The highest BCUT2D eigenvalue weighted by Gasteiger charge is 2.24. The van der Waals surface area contributed by atoms with Crippen LogP contribution in [0.25, 0.3) is 10.9 Å². The molecule has 0 fully saturated rings. The third-order valence-electron chi connectivity index (χ3n) is 6.16. The topological polar surface area (TPSA) is 132 Å². The molecule has 37 heavy (non-hydrogen) atoms. The van der Waals surface area contributed by atoms with Crippen LogP contribution in [0.5, 0.6) is 5.75 Å². The summed E-state index contributed by atoms with van der Waals surface area (Å²) in [5, 5.41) is 25.8. The van der Waals surface area contributed by atoms with E-state index in [1.54, 1.807) is 24.4 Å². The van der Waals surface area contributed by atoms with Crippen molar-refractivity contribution in [2.45, 2.75) is 31.8 Å². The van der Waals surface area contributed by atoms with Crippen LogP contribution in [0.1, 0.15) is 51.2 Å². The predicted octanol–water partition coefficient (Wildman–Crippen LogP) is 4.83. The van der Waals surface area contributed by atoms with Crippen molar-refractivity contribution in [2.75, 3.05) is 0 Å². The summed E-state index contributed by atoms with van der Waals surface area (Å²) < 4.78 is 0. The number of carbonyl (C=O) groups is 3. The molecule has 0 bridgehead atoms. The van der Waals surface area contributed by atoms with Crippen LogP contribution in [0.2, 0.25) is 5.02 Å². The van der Waals surface area contributed by atoms with Crippen molar-refractivity contribution in [1.82, 2.24) is 15.6 Å². The number of aromatic nitrogens is 1. The number of aliphatic carboxylic acids is 1. The molecule has 2 atom stereocenters. The molecule has 0 aliphatic heterocycles. The van der Waals surface area contributed by atoms with Crippen LogP contribution in [0.4, 0.5) is 0 Å².